The Bertz CT molecular complexity index is 1180. The third kappa shape index (κ3) is 4.23. The average molecular weight is 417 g/mol. The molecule has 0 atom stereocenters. The van der Waals surface area contributed by atoms with Crippen LogP contribution in [0.15, 0.2) is 65.8 Å². The lowest BCUT2D eigenvalue weighted by atomic mass is 10.1. The van der Waals surface area contributed by atoms with Gasteiger partial charge in [-0.1, -0.05) is 24.3 Å². The minimum atomic E-state index is -0.468. The van der Waals surface area contributed by atoms with Gasteiger partial charge < -0.3 is 9.47 Å². The van der Waals surface area contributed by atoms with E-state index in [1.165, 1.54) is 18.2 Å². The molecule has 1 aliphatic rings. The van der Waals surface area contributed by atoms with Gasteiger partial charge in [-0.25, -0.2) is 10.2 Å². The van der Waals surface area contributed by atoms with E-state index in [2.05, 4.69) is 15.3 Å². The van der Waals surface area contributed by atoms with Crippen LogP contribution in [0.3, 0.4) is 0 Å². The lowest BCUT2D eigenvalue weighted by Crippen LogP contribution is -2.37. The second kappa shape index (κ2) is 8.66. The standard InChI is InChI=1S/C23H19N3O5/c1-30-21(28)14-31-17-10-8-15(9-11-17)12-24-25-20(27)13-26-19-7-3-5-16-4-2-6-18(22(16)19)23(26)29/h2-12H,13-14H2,1H3,(H,25,27)/b24-12-. The van der Waals surface area contributed by atoms with Crippen molar-refractivity contribution >= 4 is 40.5 Å². The van der Waals surface area contributed by atoms with Gasteiger partial charge in [-0.15, -0.1) is 0 Å². The van der Waals surface area contributed by atoms with E-state index in [0.29, 0.717) is 11.3 Å². The Morgan fingerprint density at radius 3 is 2.55 bits per heavy atom. The molecule has 0 unspecified atom stereocenters. The third-order valence-electron chi connectivity index (χ3n) is 4.82. The lowest BCUT2D eigenvalue weighted by Gasteiger charge is -2.16. The summed E-state index contributed by atoms with van der Waals surface area (Å²) >= 11 is 0. The number of hydrogen-bond acceptors (Lipinski definition) is 6. The van der Waals surface area contributed by atoms with Crippen molar-refractivity contribution in [3.05, 3.63) is 71.8 Å². The van der Waals surface area contributed by atoms with Crippen molar-refractivity contribution in [2.75, 3.05) is 25.2 Å². The molecule has 4 rings (SSSR count). The first kappa shape index (κ1) is 20.1. The van der Waals surface area contributed by atoms with Gasteiger partial charge in [0, 0.05) is 10.9 Å². The number of ether oxygens (including phenoxy) is 2. The van der Waals surface area contributed by atoms with Gasteiger partial charge in [0.25, 0.3) is 11.8 Å². The normalized spacial score (nSPS) is 12.4. The molecule has 3 aromatic carbocycles. The van der Waals surface area contributed by atoms with Crippen LogP contribution in [0.25, 0.3) is 10.8 Å². The summed E-state index contributed by atoms with van der Waals surface area (Å²) in [5.41, 5.74) is 4.48. The Kier molecular flexibility index (Phi) is 5.61. The second-order valence-corrected chi connectivity index (χ2v) is 6.80. The van der Waals surface area contributed by atoms with E-state index >= 15 is 0 Å². The number of benzene rings is 3. The molecule has 2 amide bonds. The summed E-state index contributed by atoms with van der Waals surface area (Å²) in [6.45, 7) is -0.308. The molecule has 1 aliphatic heterocycles. The van der Waals surface area contributed by atoms with E-state index < -0.39 is 11.9 Å². The van der Waals surface area contributed by atoms with Crippen molar-refractivity contribution in [1.29, 1.82) is 0 Å². The quantitative estimate of drug-likeness (QED) is 0.362. The Morgan fingerprint density at radius 2 is 1.81 bits per heavy atom. The Morgan fingerprint density at radius 1 is 1.06 bits per heavy atom. The smallest absolute Gasteiger partial charge is 0.343 e. The molecule has 156 valence electrons. The van der Waals surface area contributed by atoms with Gasteiger partial charge in [0.05, 0.1) is 19.0 Å². The molecule has 0 saturated heterocycles. The maximum atomic E-state index is 12.7. The molecule has 8 heteroatoms. The van der Waals surface area contributed by atoms with Crippen molar-refractivity contribution in [2.45, 2.75) is 0 Å². The number of carbonyl (C=O) groups excluding carboxylic acids is 3. The third-order valence-corrected chi connectivity index (χ3v) is 4.82. The van der Waals surface area contributed by atoms with Crippen molar-refractivity contribution in [2.24, 2.45) is 5.10 Å². The number of nitrogens with one attached hydrogen (secondary N) is 1. The van der Waals surface area contributed by atoms with Crippen LogP contribution < -0.4 is 15.1 Å². The molecule has 0 spiro atoms. The number of hydrazone groups is 1. The highest BCUT2D eigenvalue weighted by Gasteiger charge is 2.30. The minimum absolute atomic E-state index is 0.135. The van der Waals surface area contributed by atoms with E-state index in [9.17, 15) is 14.4 Å². The molecule has 8 nitrogen and oxygen atoms in total. The fourth-order valence-electron chi connectivity index (χ4n) is 3.35. The first-order valence-electron chi connectivity index (χ1n) is 9.52. The van der Waals surface area contributed by atoms with Gasteiger partial charge in [-0.3, -0.25) is 14.5 Å². The van der Waals surface area contributed by atoms with Gasteiger partial charge >= 0.3 is 5.97 Å². The summed E-state index contributed by atoms with van der Waals surface area (Å²) in [4.78, 5) is 37.6. The first-order chi connectivity index (χ1) is 15.1. The molecule has 0 aliphatic carbocycles. The van der Waals surface area contributed by atoms with Gasteiger partial charge in [-0.2, -0.15) is 5.10 Å². The molecule has 31 heavy (non-hydrogen) atoms. The second-order valence-electron chi connectivity index (χ2n) is 6.80. The summed E-state index contributed by atoms with van der Waals surface area (Å²) < 4.78 is 9.77. The monoisotopic (exact) mass is 417 g/mol. The number of carbonyl (C=O) groups is 3. The fourth-order valence-corrected chi connectivity index (χ4v) is 3.35. The zero-order chi connectivity index (χ0) is 21.8. The van der Waals surface area contributed by atoms with Gasteiger partial charge in [0.1, 0.15) is 12.3 Å². The van der Waals surface area contributed by atoms with Crippen LogP contribution in [-0.4, -0.2) is 44.3 Å². The van der Waals surface area contributed by atoms with Gasteiger partial charge in [0.15, 0.2) is 6.61 Å². The zero-order valence-corrected chi connectivity index (χ0v) is 16.7. The maximum absolute atomic E-state index is 12.7. The van der Waals surface area contributed by atoms with Crippen molar-refractivity contribution < 1.29 is 23.9 Å². The summed E-state index contributed by atoms with van der Waals surface area (Å²) in [5, 5.41) is 5.77. The van der Waals surface area contributed by atoms with Crippen LogP contribution in [0.2, 0.25) is 0 Å². The van der Waals surface area contributed by atoms with Crippen LogP contribution >= 0.6 is 0 Å². The summed E-state index contributed by atoms with van der Waals surface area (Å²) in [7, 11) is 1.29. The average Bonchev–Trinajstić information content (AvgIpc) is 3.06. The van der Waals surface area contributed by atoms with Gasteiger partial charge in [0.2, 0.25) is 0 Å². The maximum Gasteiger partial charge on any atom is 0.343 e. The zero-order valence-electron chi connectivity index (χ0n) is 16.7. The first-order valence-corrected chi connectivity index (χ1v) is 9.52. The van der Waals surface area contributed by atoms with E-state index in [0.717, 1.165) is 22.0 Å². The van der Waals surface area contributed by atoms with Crippen molar-refractivity contribution in [3.8, 4) is 5.75 Å². The molecular weight excluding hydrogens is 398 g/mol. The largest absolute Gasteiger partial charge is 0.482 e. The van der Waals surface area contributed by atoms with Crippen LogP contribution in [0.4, 0.5) is 5.69 Å². The number of anilines is 1. The summed E-state index contributed by atoms with van der Waals surface area (Å²) in [5.74, 6) is -0.571. The van der Waals surface area contributed by atoms with Crippen LogP contribution in [0.1, 0.15) is 15.9 Å². The summed E-state index contributed by atoms with van der Waals surface area (Å²) in [6.07, 6.45) is 1.48. The molecular formula is C23H19N3O5. The number of esters is 1. The Balaban J connectivity index is 1.35. The Labute approximate surface area is 178 Å². The molecule has 0 radical (unpaired) electrons. The van der Waals surface area contributed by atoms with E-state index in [1.807, 2.05) is 30.3 Å². The number of nitrogens with zero attached hydrogens (tertiary/aromatic N) is 2. The molecule has 1 N–H and O–H groups in total. The van der Waals surface area contributed by atoms with E-state index in [4.69, 9.17) is 4.74 Å². The number of rotatable bonds is 7. The van der Waals surface area contributed by atoms with Crippen molar-refractivity contribution in [1.82, 2.24) is 5.43 Å². The van der Waals surface area contributed by atoms with Crippen LogP contribution in [-0.2, 0) is 14.3 Å². The highest BCUT2D eigenvalue weighted by Crippen LogP contribution is 2.36. The fraction of sp³-hybridized carbons (Fsp3) is 0.130. The molecule has 1 heterocycles. The van der Waals surface area contributed by atoms with Crippen LogP contribution in [0, 0.1) is 0 Å². The highest BCUT2D eigenvalue weighted by atomic mass is 16.6. The topological polar surface area (TPSA) is 97.3 Å². The minimum Gasteiger partial charge on any atom is -0.482 e. The predicted octanol–water partition coefficient (Wildman–Crippen LogP) is 2.50. The highest BCUT2D eigenvalue weighted by molar-refractivity contribution is 6.26. The summed E-state index contributed by atoms with van der Waals surface area (Å²) in [6, 6.07) is 18.0. The molecule has 0 aromatic heterocycles. The number of hydrogen-bond donors (Lipinski definition) is 1. The van der Waals surface area contributed by atoms with E-state index in [1.54, 1.807) is 30.3 Å². The number of methoxy groups -OCH3 is 1. The SMILES string of the molecule is COC(=O)COc1ccc(/C=N\NC(=O)CN2C(=O)c3cccc4cccc2c34)cc1. The molecule has 3 aromatic rings. The van der Waals surface area contributed by atoms with Crippen LogP contribution in [0.5, 0.6) is 5.75 Å². The number of amides is 2. The predicted molar refractivity (Wildman–Crippen MR) is 115 cm³/mol. The van der Waals surface area contributed by atoms with Crippen molar-refractivity contribution in [3.63, 3.8) is 0 Å². The molecule has 0 bridgehead atoms. The lowest BCUT2D eigenvalue weighted by molar-refractivity contribution is -0.142. The Hall–Kier alpha value is -4.20. The van der Waals surface area contributed by atoms with Gasteiger partial charge in [-0.05, 0) is 47.3 Å². The molecule has 0 saturated carbocycles. The van der Waals surface area contributed by atoms with E-state index in [-0.39, 0.29) is 19.1 Å². The molecule has 0 fully saturated rings.